The molecule has 1 aromatic carbocycles. The van der Waals surface area contributed by atoms with Crippen LogP contribution in [0.5, 0.6) is 5.75 Å². The summed E-state index contributed by atoms with van der Waals surface area (Å²) >= 11 is 7.28. The highest BCUT2D eigenvalue weighted by Gasteiger charge is 2.22. The van der Waals surface area contributed by atoms with Gasteiger partial charge >= 0.3 is 0 Å². The van der Waals surface area contributed by atoms with Crippen LogP contribution in [-0.2, 0) is 10.0 Å². The Hall–Kier alpha value is -3.61. The molecule has 4 aromatic rings. The minimum Gasteiger partial charge on any atom is -0.484 e. The maximum absolute atomic E-state index is 14.2. The molecule has 13 heteroatoms. The number of benzene rings is 1. The average molecular weight is 579 g/mol. The van der Waals surface area contributed by atoms with Crippen LogP contribution in [0.1, 0.15) is 33.1 Å². The molecule has 0 saturated carbocycles. The number of amides is 1. The average Bonchev–Trinajstić information content (AvgIpc) is 3.19. The van der Waals surface area contributed by atoms with Gasteiger partial charge in [-0.05, 0) is 44.2 Å². The van der Waals surface area contributed by atoms with E-state index in [1.165, 1.54) is 47.9 Å². The van der Waals surface area contributed by atoms with Crippen molar-refractivity contribution in [3.63, 3.8) is 0 Å². The van der Waals surface area contributed by atoms with Gasteiger partial charge in [0, 0.05) is 32.8 Å². The number of carbonyl (C=O) groups is 1. The van der Waals surface area contributed by atoms with Gasteiger partial charge in [0.2, 0.25) is 10.0 Å². The van der Waals surface area contributed by atoms with Gasteiger partial charge < -0.3 is 10.1 Å². The number of hydrogen-bond donors (Lipinski definition) is 2. The standard InChI is InChI=1S/C25H21ClF2N4O4S2/c1-13(36-20-6-16(27)10-29-12-20)21-7-17(28)11-30-24(21)22-9-23(37-14(22)2)25(33)31-18-4-15(26)5-19(8-18)32-38(3,34)35/h4-13,32H,1-3H3,(H,31,33)/t13-/m1/s1. The minimum atomic E-state index is -3.55. The fourth-order valence-corrected chi connectivity index (χ4v) is 5.37. The smallest absolute Gasteiger partial charge is 0.265 e. The summed E-state index contributed by atoms with van der Waals surface area (Å²) in [6.07, 6.45) is 3.73. The number of hydrogen-bond acceptors (Lipinski definition) is 7. The van der Waals surface area contributed by atoms with Crippen molar-refractivity contribution in [1.82, 2.24) is 9.97 Å². The highest BCUT2D eigenvalue weighted by atomic mass is 35.5. The molecule has 2 N–H and O–H groups in total. The Bertz CT molecular complexity index is 1630. The molecule has 3 heterocycles. The molecule has 1 amide bonds. The number of thiophene rings is 1. The lowest BCUT2D eigenvalue weighted by Gasteiger charge is -2.18. The Morgan fingerprint density at radius 3 is 2.47 bits per heavy atom. The molecule has 1 atom stereocenters. The van der Waals surface area contributed by atoms with Crippen molar-refractivity contribution in [2.75, 3.05) is 16.3 Å². The number of rotatable bonds is 8. The summed E-state index contributed by atoms with van der Waals surface area (Å²) in [5.74, 6) is -1.45. The second kappa shape index (κ2) is 11.0. The van der Waals surface area contributed by atoms with Gasteiger partial charge in [-0.25, -0.2) is 17.2 Å². The summed E-state index contributed by atoms with van der Waals surface area (Å²) in [5.41, 5.74) is 1.87. The molecule has 0 spiro atoms. The predicted octanol–water partition coefficient (Wildman–Crippen LogP) is 6.21. The largest absolute Gasteiger partial charge is 0.484 e. The van der Waals surface area contributed by atoms with Crippen LogP contribution >= 0.6 is 22.9 Å². The minimum absolute atomic E-state index is 0.168. The van der Waals surface area contributed by atoms with E-state index in [9.17, 15) is 22.0 Å². The molecule has 3 aromatic heterocycles. The third kappa shape index (κ3) is 6.82. The monoisotopic (exact) mass is 578 g/mol. The van der Waals surface area contributed by atoms with E-state index < -0.39 is 33.7 Å². The number of nitrogens with zero attached hydrogens (tertiary/aromatic N) is 2. The van der Waals surface area contributed by atoms with Crippen molar-refractivity contribution in [3.8, 4) is 17.0 Å². The van der Waals surface area contributed by atoms with Gasteiger partial charge in [0.15, 0.2) is 0 Å². The highest BCUT2D eigenvalue weighted by molar-refractivity contribution is 7.92. The zero-order valence-corrected chi connectivity index (χ0v) is 22.6. The number of ether oxygens (including phenoxy) is 1. The van der Waals surface area contributed by atoms with Crippen LogP contribution in [0.3, 0.4) is 0 Å². The SMILES string of the molecule is Cc1sc(C(=O)Nc2cc(Cl)cc(NS(C)(=O)=O)c2)cc1-c1ncc(F)cc1[C@@H](C)Oc1cncc(F)c1. The first-order chi connectivity index (χ1) is 17.9. The fourth-order valence-electron chi connectivity index (χ4n) is 3.67. The summed E-state index contributed by atoms with van der Waals surface area (Å²) < 4.78 is 58.9. The molecule has 0 aliphatic carbocycles. The Balaban J connectivity index is 1.62. The second-order valence-electron chi connectivity index (χ2n) is 8.33. The molecular weight excluding hydrogens is 558 g/mol. The molecule has 4 rings (SSSR count). The van der Waals surface area contributed by atoms with E-state index in [4.69, 9.17) is 16.3 Å². The Labute approximate surface area is 226 Å². The van der Waals surface area contributed by atoms with E-state index in [1.54, 1.807) is 19.9 Å². The predicted molar refractivity (Wildman–Crippen MR) is 143 cm³/mol. The third-order valence-corrected chi connectivity index (χ3v) is 7.04. The van der Waals surface area contributed by atoms with E-state index in [-0.39, 0.29) is 22.1 Å². The van der Waals surface area contributed by atoms with E-state index in [1.807, 2.05) is 0 Å². The molecule has 0 aliphatic rings. The first-order valence-electron chi connectivity index (χ1n) is 11.0. The van der Waals surface area contributed by atoms with Gasteiger partial charge in [0.1, 0.15) is 23.5 Å². The Kier molecular flexibility index (Phi) is 7.95. The van der Waals surface area contributed by atoms with Gasteiger partial charge in [-0.2, -0.15) is 0 Å². The van der Waals surface area contributed by atoms with Gasteiger partial charge in [0.25, 0.3) is 5.91 Å². The fraction of sp³-hybridized carbons (Fsp3) is 0.160. The zero-order valence-electron chi connectivity index (χ0n) is 20.3. The molecule has 38 heavy (non-hydrogen) atoms. The Morgan fingerprint density at radius 2 is 1.76 bits per heavy atom. The van der Waals surface area contributed by atoms with Crippen molar-refractivity contribution < 1.29 is 26.7 Å². The number of halogens is 3. The maximum atomic E-state index is 14.2. The van der Waals surface area contributed by atoms with Crippen LogP contribution in [0.15, 0.2) is 55.0 Å². The maximum Gasteiger partial charge on any atom is 0.265 e. The number of aryl methyl sites for hydroxylation is 1. The molecule has 0 bridgehead atoms. The van der Waals surface area contributed by atoms with Crippen LogP contribution in [-0.4, -0.2) is 30.5 Å². The normalized spacial score (nSPS) is 12.2. The summed E-state index contributed by atoms with van der Waals surface area (Å²) in [6.45, 7) is 3.46. The summed E-state index contributed by atoms with van der Waals surface area (Å²) in [6, 6.07) is 8.40. The molecule has 0 saturated heterocycles. The lowest BCUT2D eigenvalue weighted by Crippen LogP contribution is -2.12. The number of sulfonamides is 1. The summed E-state index contributed by atoms with van der Waals surface area (Å²) in [4.78, 5) is 22.1. The zero-order chi connectivity index (χ0) is 27.6. The molecule has 0 radical (unpaired) electrons. The number of pyridine rings is 2. The summed E-state index contributed by atoms with van der Waals surface area (Å²) in [5, 5.41) is 2.93. The lowest BCUT2D eigenvalue weighted by molar-refractivity contribution is 0.103. The topological polar surface area (TPSA) is 110 Å². The third-order valence-electron chi connectivity index (χ3n) is 5.17. The number of anilines is 2. The number of carbonyl (C=O) groups excluding carboxylic acids is 1. The van der Waals surface area contributed by atoms with Gasteiger partial charge in [0.05, 0.1) is 41.1 Å². The molecule has 198 valence electrons. The number of aromatic nitrogens is 2. The quantitative estimate of drug-likeness (QED) is 0.257. The van der Waals surface area contributed by atoms with Crippen molar-refractivity contribution in [2.45, 2.75) is 20.0 Å². The van der Waals surface area contributed by atoms with Crippen LogP contribution in [0.4, 0.5) is 20.2 Å². The van der Waals surface area contributed by atoms with E-state index in [2.05, 4.69) is 20.0 Å². The van der Waals surface area contributed by atoms with Crippen LogP contribution in [0.25, 0.3) is 11.3 Å². The molecule has 0 unspecified atom stereocenters. The summed E-state index contributed by atoms with van der Waals surface area (Å²) in [7, 11) is -3.55. The second-order valence-corrected chi connectivity index (χ2v) is 11.8. The molecular formula is C25H21ClF2N4O4S2. The lowest BCUT2D eigenvalue weighted by atomic mass is 10.0. The first-order valence-corrected chi connectivity index (χ1v) is 14.1. The van der Waals surface area contributed by atoms with Crippen molar-refractivity contribution in [1.29, 1.82) is 0 Å². The van der Waals surface area contributed by atoms with Gasteiger partial charge in [-0.1, -0.05) is 11.6 Å². The van der Waals surface area contributed by atoms with Crippen LogP contribution < -0.4 is 14.8 Å². The highest BCUT2D eigenvalue weighted by Crippen LogP contribution is 2.36. The van der Waals surface area contributed by atoms with Crippen molar-refractivity contribution in [3.05, 3.63) is 87.0 Å². The van der Waals surface area contributed by atoms with E-state index >= 15 is 0 Å². The molecule has 8 nitrogen and oxygen atoms in total. The van der Waals surface area contributed by atoms with Crippen LogP contribution in [0.2, 0.25) is 5.02 Å². The van der Waals surface area contributed by atoms with Crippen molar-refractivity contribution >= 4 is 50.2 Å². The number of nitrogens with one attached hydrogen (secondary N) is 2. The molecule has 0 aliphatic heterocycles. The van der Waals surface area contributed by atoms with Crippen LogP contribution in [0, 0.1) is 18.6 Å². The van der Waals surface area contributed by atoms with Crippen molar-refractivity contribution in [2.24, 2.45) is 0 Å². The van der Waals surface area contributed by atoms with E-state index in [0.29, 0.717) is 21.7 Å². The molecule has 0 fully saturated rings. The van der Waals surface area contributed by atoms with Gasteiger partial charge in [-0.3, -0.25) is 19.5 Å². The van der Waals surface area contributed by atoms with E-state index in [0.717, 1.165) is 23.5 Å². The van der Waals surface area contributed by atoms with Gasteiger partial charge in [-0.15, -0.1) is 11.3 Å². The first kappa shape index (κ1) is 27.4. The Morgan fingerprint density at radius 1 is 1.05 bits per heavy atom.